The molecule has 0 aliphatic rings. The van der Waals surface area contributed by atoms with E-state index in [-0.39, 0.29) is 12.6 Å². The van der Waals surface area contributed by atoms with Crippen LogP contribution in [-0.2, 0) is 9.59 Å². The molecule has 0 aromatic carbocycles. The fourth-order valence-electron chi connectivity index (χ4n) is 1.40. The highest BCUT2D eigenvalue weighted by atomic mass is 16.1. The second-order valence-electron chi connectivity index (χ2n) is 3.51. The lowest BCUT2D eigenvalue weighted by atomic mass is 10.1. The molecule has 1 unspecified atom stereocenters. The molecule has 0 saturated heterocycles. The monoisotopic (exact) mass is 210 g/mol. The third kappa shape index (κ3) is 9.07. The molecule has 0 heterocycles. The Bertz CT molecular complexity index is 241. The van der Waals surface area contributed by atoms with Crippen LogP contribution in [0.25, 0.3) is 0 Å². The van der Waals surface area contributed by atoms with Crippen LogP contribution in [0.2, 0.25) is 0 Å². The quantitative estimate of drug-likeness (QED) is 0.333. The van der Waals surface area contributed by atoms with Crippen molar-refractivity contribution in [3.05, 3.63) is 0 Å². The Kier molecular flexibility index (Phi) is 9.94. The average Bonchev–Trinajstić information content (AvgIpc) is 2.25. The van der Waals surface area contributed by atoms with E-state index in [1.165, 1.54) is 31.4 Å². The summed E-state index contributed by atoms with van der Waals surface area (Å²) in [4.78, 5) is 27.0. The van der Waals surface area contributed by atoms with Crippen molar-refractivity contribution in [3.63, 3.8) is 0 Å². The minimum atomic E-state index is -0.189. The summed E-state index contributed by atoms with van der Waals surface area (Å²) in [5.74, 6) is 0. The first kappa shape index (κ1) is 13.8. The van der Waals surface area contributed by atoms with E-state index in [1.807, 2.05) is 0 Å². The fraction of sp³-hybridized carbons (Fsp3) is 0.818. The molecule has 0 aliphatic heterocycles. The molecular weight excluding hydrogens is 192 g/mol. The highest BCUT2D eigenvalue weighted by molar-refractivity contribution is 5.35. The van der Waals surface area contributed by atoms with Crippen LogP contribution in [0.15, 0.2) is 9.98 Å². The molecule has 0 N–H and O–H groups in total. The van der Waals surface area contributed by atoms with Gasteiger partial charge in [-0.1, -0.05) is 39.0 Å². The van der Waals surface area contributed by atoms with Crippen LogP contribution in [-0.4, -0.2) is 24.7 Å². The van der Waals surface area contributed by atoms with E-state index in [4.69, 9.17) is 0 Å². The molecular formula is C11H18N2O2. The van der Waals surface area contributed by atoms with Crippen LogP contribution in [0.4, 0.5) is 0 Å². The van der Waals surface area contributed by atoms with Gasteiger partial charge in [-0.2, -0.15) is 0 Å². The van der Waals surface area contributed by atoms with Crippen molar-refractivity contribution in [2.45, 2.75) is 51.5 Å². The maximum absolute atomic E-state index is 10.1. The fourth-order valence-corrected chi connectivity index (χ4v) is 1.40. The Morgan fingerprint density at radius 2 is 1.80 bits per heavy atom. The van der Waals surface area contributed by atoms with Crippen LogP contribution >= 0.6 is 0 Å². The largest absolute Gasteiger partial charge is 0.235 e. The zero-order valence-electron chi connectivity index (χ0n) is 9.24. The molecule has 0 bridgehead atoms. The zero-order chi connectivity index (χ0) is 11.4. The van der Waals surface area contributed by atoms with E-state index < -0.39 is 0 Å². The van der Waals surface area contributed by atoms with Gasteiger partial charge < -0.3 is 0 Å². The Labute approximate surface area is 90.5 Å². The van der Waals surface area contributed by atoms with Gasteiger partial charge in [0.05, 0.1) is 12.6 Å². The number of rotatable bonds is 9. The first-order chi connectivity index (χ1) is 7.35. The first-order valence-electron chi connectivity index (χ1n) is 5.45. The summed E-state index contributed by atoms with van der Waals surface area (Å²) >= 11 is 0. The lowest BCUT2D eigenvalue weighted by Crippen LogP contribution is -2.08. The van der Waals surface area contributed by atoms with Crippen LogP contribution in [0.1, 0.15) is 45.4 Å². The standard InChI is InChI=1S/C11H18N2O2/c1-2-3-4-5-6-7-11(13-10-15)8-12-9-14/h11H,2-8H2,1H3. The van der Waals surface area contributed by atoms with Gasteiger partial charge >= 0.3 is 0 Å². The lowest BCUT2D eigenvalue weighted by molar-refractivity contribution is 0.525. The molecule has 1 atom stereocenters. The SMILES string of the molecule is CCCCCCCC(CN=C=O)N=C=O. The Balaban J connectivity index is 3.65. The van der Waals surface area contributed by atoms with Gasteiger partial charge in [0, 0.05) is 0 Å². The van der Waals surface area contributed by atoms with Crippen LogP contribution < -0.4 is 0 Å². The summed E-state index contributed by atoms with van der Waals surface area (Å²) in [7, 11) is 0. The van der Waals surface area contributed by atoms with E-state index >= 15 is 0 Å². The molecule has 0 rings (SSSR count). The maximum atomic E-state index is 10.1. The number of hydrogen-bond donors (Lipinski definition) is 0. The van der Waals surface area contributed by atoms with Gasteiger partial charge in [-0.3, -0.25) is 0 Å². The summed E-state index contributed by atoms with van der Waals surface area (Å²) in [5, 5.41) is 0. The van der Waals surface area contributed by atoms with E-state index in [0.717, 1.165) is 19.3 Å². The van der Waals surface area contributed by atoms with E-state index in [2.05, 4.69) is 16.9 Å². The van der Waals surface area contributed by atoms with Crippen molar-refractivity contribution in [3.8, 4) is 0 Å². The zero-order valence-corrected chi connectivity index (χ0v) is 9.24. The number of hydrogen-bond acceptors (Lipinski definition) is 4. The molecule has 0 spiro atoms. The summed E-state index contributed by atoms with van der Waals surface area (Å²) in [6.07, 6.45) is 9.59. The predicted octanol–water partition coefficient (Wildman–Crippen LogP) is 2.39. The van der Waals surface area contributed by atoms with E-state index in [1.54, 1.807) is 0 Å². The Hall–Kier alpha value is -1.24. The van der Waals surface area contributed by atoms with Gasteiger partial charge in [0.2, 0.25) is 12.2 Å². The lowest BCUT2D eigenvalue weighted by Gasteiger charge is -2.05. The number of isocyanates is 2. The number of nitrogens with zero attached hydrogens (tertiary/aromatic N) is 2. The highest BCUT2D eigenvalue weighted by Crippen LogP contribution is 2.09. The van der Waals surface area contributed by atoms with Crippen molar-refractivity contribution in [1.29, 1.82) is 0 Å². The molecule has 0 saturated carbocycles. The summed E-state index contributed by atoms with van der Waals surface area (Å²) in [6.45, 7) is 2.42. The van der Waals surface area contributed by atoms with Gasteiger partial charge in [0.15, 0.2) is 0 Å². The molecule has 0 radical (unpaired) electrons. The van der Waals surface area contributed by atoms with Gasteiger partial charge in [-0.15, -0.1) is 0 Å². The smallest absolute Gasteiger partial charge is 0.211 e. The molecule has 0 aromatic rings. The second kappa shape index (κ2) is 10.8. The first-order valence-corrected chi connectivity index (χ1v) is 5.45. The molecule has 0 amide bonds. The molecule has 0 aliphatic carbocycles. The van der Waals surface area contributed by atoms with Crippen molar-refractivity contribution < 1.29 is 9.59 Å². The molecule has 4 nitrogen and oxygen atoms in total. The number of carbonyl (C=O) groups excluding carboxylic acids is 2. The Morgan fingerprint density at radius 3 is 2.40 bits per heavy atom. The predicted molar refractivity (Wildman–Crippen MR) is 58.3 cm³/mol. The van der Waals surface area contributed by atoms with Crippen molar-refractivity contribution >= 4 is 12.2 Å². The average molecular weight is 210 g/mol. The minimum absolute atomic E-state index is 0.189. The van der Waals surface area contributed by atoms with Crippen LogP contribution in [0.3, 0.4) is 0 Å². The number of aliphatic imine (C=N–C) groups is 2. The van der Waals surface area contributed by atoms with E-state index in [9.17, 15) is 9.59 Å². The summed E-state index contributed by atoms with van der Waals surface area (Å²) in [5.41, 5.74) is 0. The second-order valence-corrected chi connectivity index (χ2v) is 3.51. The van der Waals surface area contributed by atoms with Gasteiger partial charge in [-0.05, 0) is 6.42 Å². The van der Waals surface area contributed by atoms with E-state index in [0.29, 0.717) is 0 Å². The molecule has 0 aromatic heterocycles. The Morgan fingerprint density at radius 1 is 1.07 bits per heavy atom. The molecule has 0 fully saturated rings. The third-order valence-electron chi connectivity index (χ3n) is 2.24. The maximum Gasteiger partial charge on any atom is 0.235 e. The van der Waals surface area contributed by atoms with Crippen molar-refractivity contribution in [1.82, 2.24) is 0 Å². The highest BCUT2D eigenvalue weighted by Gasteiger charge is 2.05. The third-order valence-corrected chi connectivity index (χ3v) is 2.24. The summed E-state index contributed by atoms with van der Waals surface area (Å²) < 4.78 is 0. The van der Waals surface area contributed by atoms with Crippen molar-refractivity contribution in [2.24, 2.45) is 9.98 Å². The topological polar surface area (TPSA) is 58.9 Å². The molecule has 15 heavy (non-hydrogen) atoms. The van der Waals surface area contributed by atoms with Crippen LogP contribution in [0, 0.1) is 0 Å². The minimum Gasteiger partial charge on any atom is -0.211 e. The number of unbranched alkanes of at least 4 members (excludes halogenated alkanes) is 4. The van der Waals surface area contributed by atoms with Crippen molar-refractivity contribution in [2.75, 3.05) is 6.54 Å². The van der Waals surface area contributed by atoms with Gasteiger partial charge in [0.25, 0.3) is 0 Å². The molecule has 4 heteroatoms. The molecule has 84 valence electrons. The summed E-state index contributed by atoms with van der Waals surface area (Å²) in [6, 6.07) is -0.189. The van der Waals surface area contributed by atoms with Gasteiger partial charge in [0.1, 0.15) is 0 Å². The normalized spacial score (nSPS) is 11.3. The van der Waals surface area contributed by atoms with Crippen LogP contribution in [0.5, 0.6) is 0 Å². The van der Waals surface area contributed by atoms with Gasteiger partial charge in [-0.25, -0.2) is 19.6 Å².